The number of hydrogen-bond acceptors (Lipinski definition) is 13. The highest BCUT2D eigenvalue weighted by Gasteiger charge is 2.49. The molecule has 2 saturated heterocycles. The van der Waals surface area contributed by atoms with Crippen LogP contribution in [0.4, 0.5) is 0 Å². The number of hydrazine groups is 2. The molecule has 0 spiro atoms. The van der Waals surface area contributed by atoms with Gasteiger partial charge in [0.25, 0.3) is 5.91 Å². The average molecular weight is 496 g/mol. The van der Waals surface area contributed by atoms with E-state index in [2.05, 4.69) is 0 Å². The van der Waals surface area contributed by atoms with E-state index in [0.29, 0.717) is 0 Å². The Kier molecular flexibility index (Phi) is 10.5. The first-order valence-corrected chi connectivity index (χ1v) is 10.5. The Morgan fingerprint density at radius 3 is 2.18 bits per heavy atom. The third-order valence-electron chi connectivity index (χ3n) is 5.79. The number of rotatable bonds is 8. The molecule has 0 aliphatic carbocycles. The van der Waals surface area contributed by atoms with E-state index in [1.807, 2.05) is 16.3 Å². The van der Waals surface area contributed by atoms with E-state index in [-0.39, 0.29) is 19.4 Å². The number of carbonyl (C=O) groups excluding carboxylic acids is 3. The standard InChI is InChI=1S/C18H32N4O12/c1-6-7(11(26)8(4-23)33-17(6)31)5-32-18-14(29)12(27)13(28)15(34-18)16(30)22-21-10(25)3-2-9(24)20-19/h6-8,11-15,17-18,23,26-29,31H,2-5,19H2,1H3,(H,20,24)(H,21,25)(H,22,30)/t6?,7?,8?,11-,12?,13-,14?,15?,17+,18+/m0/s1. The summed E-state index contributed by atoms with van der Waals surface area (Å²) in [4.78, 5) is 35.1. The SMILES string of the molecule is CC1C(CO[C@@H]2OC(C(=O)NNC(=O)CCC(=O)NN)[C@@H](O)C(O)C2O)[C@H](O)C(CO)O[C@H]1O. The molecule has 0 saturated carbocycles. The molecule has 0 bridgehead atoms. The molecule has 10 atom stereocenters. The van der Waals surface area contributed by atoms with Crippen LogP contribution in [-0.2, 0) is 28.6 Å². The van der Waals surface area contributed by atoms with Gasteiger partial charge in [0, 0.05) is 24.7 Å². The van der Waals surface area contributed by atoms with Crippen molar-refractivity contribution < 1.29 is 59.2 Å². The van der Waals surface area contributed by atoms with Crippen molar-refractivity contribution in [3.8, 4) is 0 Å². The minimum Gasteiger partial charge on any atom is -0.394 e. The van der Waals surface area contributed by atoms with Gasteiger partial charge < -0.3 is 44.8 Å². The molecule has 34 heavy (non-hydrogen) atoms. The van der Waals surface area contributed by atoms with Gasteiger partial charge in [0.1, 0.15) is 24.4 Å². The Hall–Kier alpha value is -1.99. The van der Waals surface area contributed by atoms with Crippen molar-refractivity contribution in [1.29, 1.82) is 0 Å². The molecule has 3 amide bonds. The normalized spacial score (nSPS) is 38.1. The Labute approximate surface area is 193 Å². The Morgan fingerprint density at radius 1 is 0.912 bits per heavy atom. The van der Waals surface area contributed by atoms with Crippen LogP contribution in [0.2, 0.25) is 0 Å². The predicted octanol–water partition coefficient (Wildman–Crippen LogP) is -5.95. The van der Waals surface area contributed by atoms with Crippen LogP contribution in [0.5, 0.6) is 0 Å². The summed E-state index contributed by atoms with van der Waals surface area (Å²) in [6.07, 6.45) is -13.1. The summed E-state index contributed by atoms with van der Waals surface area (Å²) in [5, 5.41) is 60.1. The highest BCUT2D eigenvalue weighted by molar-refractivity contribution is 5.87. The molecule has 2 rings (SSSR count). The van der Waals surface area contributed by atoms with E-state index in [9.17, 15) is 45.0 Å². The number of nitrogens with two attached hydrogens (primary N) is 1. The average Bonchev–Trinajstić information content (AvgIpc) is 2.82. The zero-order chi connectivity index (χ0) is 25.6. The minimum atomic E-state index is -1.89. The third kappa shape index (κ3) is 6.79. The first-order chi connectivity index (χ1) is 16.0. The predicted molar refractivity (Wildman–Crippen MR) is 107 cm³/mol. The molecule has 16 heteroatoms. The van der Waals surface area contributed by atoms with Crippen molar-refractivity contribution in [2.75, 3.05) is 13.2 Å². The largest absolute Gasteiger partial charge is 0.394 e. The molecule has 2 fully saturated rings. The summed E-state index contributed by atoms with van der Waals surface area (Å²) in [6.45, 7) is 0.653. The number of nitrogens with one attached hydrogen (secondary N) is 3. The van der Waals surface area contributed by atoms with E-state index < -0.39 is 85.4 Å². The first kappa shape index (κ1) is 28.2. The van der Waals surface area contributed by atoms with E-state index in [4.69, 9.17) is 20.1 Å². The molecular formula is C18H32N4O12. The number of carbonyl (C=O) groups is 3. The van der Waals surface area contributed by atoms with Crippen molar-refractivity contribution in [2.24, 2.45) is 17.7 Å². The summed E-state index contributed by atoms with van der Waals surface area (Å²) < 4.78 is 15.8. The molecule has 0 aromatic carbocycles. The molecule has 0 radical (unpaired) electrons. The van der Waals surface area contributed by atoms with E-state index in [0.717, 1.165) is 0 Å². The maximum Gasteiger partial charge on any atom is 0.270 e. The Bertz CT molecular complexity index is 714. The van der Waals surface area contributed by atoms with Crippen LogP contribution in [0.1, 0.15) is 19.8 Å². The van der Waals surface area contributed by atoms with Gasteiger partial charge in [-0.05, 0) is 0 Å². The van der Waals surface area contributed by atoms with Crippen molar-refractivity contribution in [1.82, 2.24) is 16.3 Å². The number of amides is 3. The summed E-state index contributed by atoms with van der Waals surface area (Å²) in [5.41, 5.74) is 5.80. The molecule has 16 nitrogen and oxygen atoms in total. The summed E-state index contributed by atoms with van der Waals surface area (Å²) in [7, 11) is 0. The lowest BCUT2D eigenvalue weighted by Crippen LogP contribution is -2.63. The molecule has 11 N–H and O–H groups in total. The quantitative estimate of drug-likeness (QED) is 0.0853. The lowest BCUT2D eigenvalue weighted by Gasteiger charge is -2.43. The molecule has 196 valence electrons. The molecular weight excluding hydrogens is 464 g/mol. The van der Waals surface area contributed by atoms with Crippen molar-refractivity contribution >= 4 is 17.7 Å². The van der Waals surface area contributed by atoms with Crippen LogP contribution in [0.25, 0.3) is 0 Å². The lowest BCUT2D eigenvalue weighted by atomic mass is 9.84. The van der Waals surface area contributed by atoms with Gasteiger partial charge in [0.15, 0.2) is 18.7 Å². The molecule has 2 heterocycles. The lowest BCUT2D eigenvalue weighted by molar-refractivity contribution is -0.306. The second-order valence-electron chi connectivity index (χ2n) is 8.10. The number of aliphatic hydroxyl groups excluding tert-OH is 6. The number of hydrogen-bond donors (Lipinski definition) is 10. The van der Waals surface area contributed by atoms with Gasteiger partial charge in [0.05, 0.1) is 19.3 Å². The minimum absolute atomic E-state index is 0.246. The van der Waals surface area contributed by atoms with Gasteiger partial charge in [-0.1, -0.05) is 6.92 Å². The van der Waals surface area contributed by atoms with Gasteiger partial charge >= 0.3 is 0 Å². The van der Waals surface area contributed by atoms with Gasteiger partial charge in [0.2, 0.25) is 11.8 Å². The fraction of sp³-hybridized carbons (Fsp3) is 0.833. The Morgan fingerprint density at radius 2 is 1.56 bits per heavy atom. The fourth-order valence-electron chi connectivity index (χ4n) is 3.56. The van der Waals surface area contributed by atoms with Crippen LogP contribution in [-0.4, -0.2) is 111 Å². The van der Waals surface area contributed by atoms with Crippen molar-refractivity contribution in [2.45, 2.75) is 69.0 Å². The fourth-order valence-corrected chi connectivity index (χ4v) is 3.56. The first-order valence-electron chi connectivity index (χ1n) is 10.5. The summed E-state index contributed by atoms with van der Waals surface area (Å²) in [5.74, 6) is 1.02. The van der Waals surface area contributed by atoms with E-state index >= 15 is 0 Å². The second-order valence-corrected chi connectivity index (χ2v) is 8.10. The van der Waals surface area contributed by atoms with Crippen LogP contribution in [0, 0.1) is 11.8 Å². The monoisotopic (exact) mass is 496 g/mol. The third-order valence-corrected chi connectivity index (χ3v) is 5.79. The van der Waals surface area contributed by atoms with Crippen molar-refractivity contribution in [3.63, 3.8) is 0 Å². The number of aliphatic hydroxyl groups is 6. The molecule has 0 aromatic heterocycles. The zero-order valence-corrected chi connectivity index (χ0v) is 18.3. The van der Waals surface area contributed by atoms with Gasteiger partial charge in [-0.25, -0.2) is 5.84 Å². The Balaban J connectivity index is 1.96. The number of ether oxygens (including phenoxy) is 3. The highest BCUT2D eigenvalue weighted by atomic mass is 16.7. The maximum atomic E-state index is 12.4. The summed E-state index contributed by atoms with van der Waals surface area (Å²) >= 11 is 0. The second kappa shape index (κ2) is 12.6. The van der Waals surface area contributed by atoms with Crippen LogP contribution < -0.4 is 22.1 Å². The molecule has 2 aliphatic heterocycles. The smallest absolute Gasteiger partial charge is 0.270 e. The molecule has 2 aliphatic rings. The van der Waals surface area contributed by atoms with Crippen molar-refractivity contribution in [3.05, 3.63) is 0 Å². The zero-order valence-electron chi connectivity index (χ0n) is 18.3. The topological polar surface area (TPSA) is 262 Å². The van der Waals surface area contributed by atoms with E-state index in [1.165, 1.54) is 0 Å². The van der Waals surface area contributed by atoms with Crippen LogP contribution in [0.3, 0.4) is 0 Å². The van der Waals surface area contributed by atoms with Crippen LogP contribution >= 0.6 is 0 Å². The van der Waals surface area contributed by atoms with Gasteiger partial charge in [-0.3, -0.25) is 30.7 Å². The molecule has 0 aromatic rings. The summed E-state index contributed by atoms with van der Waals surface area (Å²) in [6, 6.07) is 0. The van der Waals surface area contributed by atoms with E-state index in [1.54, 1.807) is 6.92 Å². The van der Waals surface area contributed by atoms with Gasteiger partial charge in [-0.15, -0.1) is 0 Å². The van der Waals surface area contributed by atoms with Crippen LogP contribution in [0.15, 0.2) is 0 Å². The van der Waals surface area contributed by atoms with Gasteiger partial charge in [-0.2, -0.15) is 0 Å². The maximum absolute atomic E-state index is 12.4. The highest BCUT2D eigenvalue weighted by Crippen LogP contribution is 2.31. The molecule has 6 unspecified atom stereocenters.